The minimum absolute atomic E-state index is 0.124. The third kappa shape index (κ3) is 3.69. The smallest absolute Gasteiger partial charge is 0.340 e. The van der Waals surface area contributed by atoms with Crippen molar-refractivity contribution >= 4 is 17.3 Å². The number of carbonyl (C=O) groups is 1. The minimum Gasteiger partial charge on any atom is -0.460 e. The number of ether oxygens (including phenoxy) is 1. The lowest BCUT2D eigenvalue weighted by Gasteiger charge is -2.30. The van der Waals surface area contributed by atoms with E-state index in [0.717, 1.165) is 32.4 Å². The molecule has 1 heterocycles. The molecule has 1 N–H and O–H groups in total. The first-order chi connectivity index (χ1) is 10.1. The summed E-state index contributed by atoms with van der Waals surface area (Å²) in [6, 6.07) is 4.23. The van der Waals surface area contributed by atoms with Crippen molar-refractivity contribution < 1.29 is 19.6 Å². The van der Waals surface area contributed by atoms with E-state index in [4.69, 9.17) is 9.84 Å². The fraction of sp³-hybridized carbons (Fsp3) is 0.500. The molecule has 1 fully saturated rings. The molecule has 0 atom stereocenters. The van der Waals surface area contributed by atoms with Crippen LogP contribution in [-0.4, -0.2) is 42.3 Å². The van der Waals surface area contributed by atoms with Gasteiger partial charge in [0.1, 0.15) is 6.61 Å². The van der Waals surface area contributed by atoms with Crippen molar-refractivity contribution in [2.75, 3.05) is 31.2 Å². The Labute approximate surface area is 122 Å². The predicted octanol–water partition coefficient (Wildman–Crippen LogP) is 1.73. The first-order valence-corrected chi connectivity index (χ1v) is 6.95. The highest BCUT2D eigenvalue weighted by Crippen LogP contribution is 2.28. The van der Waals surface area contributed by atoms with Gasteiger partial charge in [-0.25, -0.2) is 4.79 Å². The van der Waals surface area contributed by atoms with E-state index in [1.165, 1.54) is 12.1 Å². The van der Waals surface area contributed by atoms with E-state index in [2.05, 4.69) is 0 Å². The summed E-state index contributed by atoms with van der Waals surface area (Å²) < 4.78 is 4.91. The number of non-ortho nitro benzene ring substituents is 1. The molecule has 0 spiro atoms. The Morgan fingerprint density at radius 1 is 1.33 bits per heavy atom. The van der Waals surface area contributed by atoms with Crippen LogP contribution in [0, 0.1) is 10.1 Å². The molecule has 21 heavy (non-hydrogen) atoms. The highest BCUT2D eigenvalue weighted by Gasteiger charge is 2.22. The fourth-order valence-electron chi connectivity index (χ4n) is 2.43. The first-order valence-electron chi connectivity index (χ1n) is 6.95. The molecule has 7 heteroatoms. The van der Waals surface area contributed by atoms with E-state index in [9.17, 15) is 14.9 Å². The van der Waals surface area contributed by atoms with Crippen LogP contribution in [-0.2, 0) is 4.74 Å². The predicted molar refractivity (Wildman–Crippen MR) is 76.5 cm³/mol. The standard InChI is InChI=1S/C14H18N2O5/c17-8-9-21-14(18)12-10-11(16(19)20)4-5-13(12)15-6-2-1-3-7-15/h4-5,10,17H,1-3,6-9H2. The molecule has 0 bridgehead atoms. The van der Waals surface area contributed by atoms with Crippen LogP contribution in [0.5, 0.6) is 0 Å². The molecular formula is C14H18N2O5. The number of aliphatic hydroxyl groups is 1. The van der Waals surface area contributed by atoms with Gasteiger partial charge >= 0.3 is 5.97 Å². The number of hydrogen-bond acceptors (Lipinski definition) is 6. The van der Waals surface area contributed by atoms with E-state index >= 15 is 0 Å². The van der Waals surface area contributed by atoms with E-state index in [1.807, 2.05) is 4.90 Å². The molecule has 0 aliphatic carbocycles. The van der Waals surface area contributed by atoms with Gasteiger partial charge in [-0.3, -0.25) is 10.1 Å². The fourth-order valence-corrected chi connectivity index (χ4v) is 2.43. The van der Waals surface area contributed by atoms with E-state index < -0.39 is 10.9 Å². The lowest BCUT2D eigenvalue weighted by Crippen LogP contribution is -2.31. The van der Waals surface area contributed by atoms with E-state index in [1.54, 1.807) is 6.07 Å². The second kappa shape index (κ2) is 7.03. The lowest BCUT2D eigenvalue weighted by atomic mass is 10.1. The number of aliphatic hydroxyl groups excluding tert-OH is 1. The average Bonchev–Trinajstić information content (AvgIpc) is 2.52. The Morgan fingerprint density at radius 3 is 2.67 bits per heavy atom. The summed E-state index contributed by atoms with van der Waals surface area (Å²) in [4.78, 5) is 24.4. The van der Waals surface area contributed by atoms with Gasteiger partial charge in [-0.2, -0.15) is 0 Å². The first kappa shape index (κ1) is 15.2. The van der Waals surface area contributed by atoms with Crippen molar-refractivity contribution in [3.05, 3.63) is 33.9 Å². The van der Waals surface area contributed by atoms with Gasteiger partial charge in [-0.1, -0.05) is 0 Å². The largest absolute Gasteiger partial charge is 0.460 e. The summed E-state index contributed by atoms with van der Waals surface area (Å²) in [5, 5.41) is 19.6. The second-order valence-corrected chi connectivity index (χ2v) is 4.87. The maximum absolute atomic E-state index is 12.1. The van der Waals surface area contributed by atoms with Crippen LogP contribution in [0.15, 0.2) is 18.2 Å². The molecule has 0 saturated carbocycles. The van der Waals surface area contributed by atoms with Gasteiger partial charge in [0.05, 0.1) is 22.8 Å². The summed E-state index contributed by atoms with van der Waals surface area (Å²) >= 11 is 0. The molecule has 1 aromatic carbocycles. The number of nitro groups is 1. The van der Waals surface area contributed by atoms with Crippen molar-refractivity contribution in [1.82, 2.24) is 0 Å². The quantitative estimate of drug-likeness (QED) is 0.505. The summed E-state index contributed by atoms with van der Waals surface area (Å²) in [6.07, 6.45) is 3.21. The van der Waals surface area contributed by atoms with Crippen LogP contribution in [0.1, 0.15) is 29.6 Å². The maximum atomic E-state index is 12.1. The molecule has 1 aliphatic heterocycles. The topological polar surface area (TPSA) is 92.9 Å². The molecule has 7 nitrogen and oxygen atoms in total. The molecule has 1 aliphatic rings. The number of anilines is 1. The van der Waals surface area contributed by atoms with Gasteiger partial charge in [0, 0.05) is 25.2 Å². The number of benzene rings is 1. The number of carbonyl (C=O) groups excluding carboxylic acids is 1. The summed E-state index contributed by atoms with van der Waals surface area (Å²) in [6.45, 7) is 1.23. The second-order valence-electron chi connectivity index (χ2n) is 4.87. The Hall–Kier alpha value is -2.15. The van der Waals surface area contributed by atoms with Crippen LogP contribution in [0.25, 0.3) is 0 Å². The zero-order chi connectivity index (χ0) is 15.2. The molecule has 0 radical (unpaired) electrons. The van der Waals surface area contributed by atoms with Gasteiger partial charge in [-0.05, 0) is 25.3 Å². The molecule has 1 aromatic rings. The molecular weight excluding hydrogens is 276 g/mol. The molecule has 0 amide bonds. The molecule has 0 aromatic heterocycles. The number of rotatable bonds is 5. The lowest BCUT2D eigenvalue weighted by molar-refractivity contribution is -0.384. The third-order valence-electron chi connectivity index (χ3n) is 3.43. The highest BCUT2D eigenvalue weighted by atomic mass is 16.6. The van der Waals surface area contributed by atoms with Gasteiger partial charge in [-0.15, -0.1) is 0 Å². The molecule has 1 saturated heterocycles. The van der Waals surface area contributed by atoms with Crippen molar-refractivity contribution in [1.29, 1.82) is 0 Å². The van der Waals surface area contributed by atoms with Gasteiger partial charge < -0.3 is 14.7 Å². The van der Waals surface area contributed by atoms with Crippen LogP contribution in [0.4, 0.5) is 11.4 Å². The van der Waals surface area contributed by atoms with Crippen molar-refractivity contribution in [2.24, 2.45) is 0 Å². The SMILES string of the molecule is O=C(OCCO)c1cc([N+](=O)[O-])ccc1N1CCCCC1. The zero-order valence-electron chi connectivity index (χ0n) is 11.7. The number of nitrogens with zero attached hydrogens (tertiary/aromatic N) is 2. The molecule has 2 rings (SSSR count). The van der Waals surface area contributed by atoms with Crippen LogP contribution < -0.4 is 4.90 Å². The van der Waals surface area contributed by atoms with Crippen LogP contribution in [0.3, 0.4) is 0 Å². The Balaban J connectivity index is 2.33. The monoisotopic (exact) mass is 294 g/mol. The van der Waals surface area contributed by atoms with Crippen LogP contribution >= 0.6 is 0 Å². The summed E-state index contributed by atoms with van der Waals surface area (Å²) in [5.41, 5.74) is 0.689. The Bertz CT molecular complexity index is 526. The maximum Gasteiger partial charge on any atom is 0.340 e. The van der Waals surface area contributed by atoms with Crippen molar-refractivity contribution in [3.8, 4) is 0 Å². The number of hydrogen-bond donors (Lipinski definition) is 1. The zero-order valence-corrected chi connectivity index (χ0v) is 11.7. The van der Waals surface area contributed by atoms with Gasteiger partial charge in [0.2, 0.25) is 0 Å². The number of esters is 1. The average molecular weight is 294 g/mol. The number of nitro benzene ring substituents is 1. The molecule has 0 unspecified atom stereocenters. The van der Waals surface area contributed by atoms with Crippen molar-refractivity contribution in [3.63, 3.8) is 0 Å². The highest BCUT2D eigenvalue weighted by molar-refractivity contribution is 5.96. The van der Waals surface area contributed by atoms with Gasteiger partial charge in [0.25, 0.3) is 5.69 Å². The van der Waals surface area contributed by atoms with E-state index in [0.29, 0.717) is 5.69 Å². The van der Waals surface area contributed by atoms with E-state index in [-0.39, 0.29) is 24.5 Å². The van der Waals surface area contributed by atoms with Gasteiger partial charge in [0.15, 0.2) is 0 Å². The summed E-state index contributed by atoms with van der Waals surface area (Å²) in [7, 11) is 0. The van der Waals surface area contributed by atoms with Crippen LogP contribution in [0.2, 0.25) is 0 Å². The summed E-state index contributed by atoms with van der Waals surface area (Å²) in [5.74, 6) is -0.645. The normalized spacial score (nSPS) is 14.8. The Morgan fingerprint density at radius 2 is 2.05 bits per heavy atom. The Kier molecular flexibility index (Phi) is 5.10. The third-order valence-corrected chi connectivity index (χ3v) is 3.43. The number of piperidine rings is 1. The van der Waals surface area contributed by atoms with Crippen molar-refractivity contribution in [2.45, 2.75) is 19.3 Å². The molecule has 114 valence electrons. The minimum atomic E-state index is -0.645.